The molecule has 14 nitrogen and oxygen atoms in total. The number of carbonyl (C=O) groups is 7. The van der Waals surface area contributed by atoms with Gasteiger partial charge in [-0.05, 0) is 50.4 Å². The summed E-state index contributed by atoms with van der Waals surface area (Å²) in [6, 6.07) is -3.12. The van der Waals surface area contributed by atoms with Crippen LogP contribution in [0.1, 0.15) is 87.5 Å². The van der Waals surface area contributed by atoms with Crippen molar-refractivity contribution < 1.29 is 52.5 Å². The van der Waals surface area contributed by atoms with E-state index in [9.17, 15) is 33.6 Å². The van der Waals surface area contributed by atoms with Crippen LogP contribution in [0.15, 0.2) is 12.8 Å². The summed E-state index contributed by atoms with van der Waals surface area (Å²) in [6.07, 6.45) is 1.37. The first-order chi connectivity index (χ1) is 22.8. The number of Topliss-reactive ketones (excluding diaryl/α,β-unsaturated/α-hetero) is 1. The largest absolute Gasteiger partial charge is 0.492 e. The van der Waals surface area contributed by atoms with Crippen molar-refractivity contribution in [3.05, 3.63) is 12.8 Å². The van der Waals surface area contributed by atoms with Crippen molar-refractivity contribution in [2.45, 2.75) is 112 Å². The molecular weight excluding hydrogens is 638 g/mol. The van der Waals surface area contributed by atoms with Gasteiger partial charge in [0.05, 0.1) is 6.26 Å². The molecule has 0 fully saturated rings. The van der Waals surface area contributed by atoms with E-state index in [4.69, 9.17) is 18.9 Å². The maximum absolute atomic E-state index is 13.4. The summed E-state index contributed by atoms with van der Waals surface area (Å²) < 4.78 is 21.0. The summed E-state index contributed by atoms with van der Waals surface area (Å²) in [5, 5.41) is 0. The Labute approximate surface area is 291 Å². The fraction of sp³-hybridized carbons (Fsp3) is 0.743. The SMILES string of the molecule is C=COCC(=O)N(C)C(CC(C)C)C(=O)OCC(=O)N(C)C(CC(C)C)C(=O)O[C@H](C)C(=O)N(C)C(CC(C)C)C(=O)OCC(=O)CCC. The van der Waals surface area contributed by atoms with Crippen LogP contribution in [0.4, 0.5) is 0 Å². The van der Waals surface area contributed by atoms with Gasteiger partial charge in [0.2, 0.25) is 0 Å². The second-order valence-electron chi connectivity index (χ2n) is 13.5. The number of likely N-dealkylation sites (N-methyl/N-ethyl adjacent to an activating group) is 3. The molecule has 0 bridgehead atoms. The van der Waals surface area contributed by atoms with Gasteiger partial charge in [-0.1, -0.05) is 55.0 Å². The molecule has 280 valence electrons. The van der Waals surface area contributed by atoms with Crippen molar-refractivity contribution in [1.29, 1.82) is 0 Å². The number of hydrogen-bond acceptors (Lipinski definition) is 11. The van der Waals surface area contributed by atoms with Gasteiger partial charge < -0.3 is 33.6 Å². The predicted molar refractivity (Wildman–Crippen MR) is 182 cm³/mol. The lowest BCUT2D eigenvalue weighted by molar-refractivity contribution is -0.169. The number of rotatable bonds is 23. The van der Waals surface area contributed by atoms with Crippen LogP contribution in [0.2, 0.25) is 0 Å². The van der Waals surface area contributed by atoms with Crippen LogP contribution in [0, 0.1) is 17.8 Å². The second-order valence-corrected chi connectivity index (χ2v) is 13.5. The summed E-state index contributed by atoms with van der Waals surface area (Å²) in [6.45, 7) is 16.3. The van der Waals surface area contributed by atoms with Gasteiger partial charge >= 0.3 is 17.9 Å². The van der Waals surface area contributed by atoms with E-state index in [1.807, 2.05) is 48.5 Å². The molecule has 0 aliphatic heterocycles. The lowest BCUT2D eigenvalue weighted by Crippen LogP contribution is -2.51. The molecular formula is C35H59N3O11. The topological polar surface area (TPSA) is 166 Å². The van der Waals surface area contributed by atoms with Crippen molar-refractivity contribution in [3.8, 4) is 0 Å². The Kier molecular flexibility index (Phi) is 20.8. The molecule has 0 saturated carbocycles. The van der Waals surface area contributed by atoms with Gasteiger partial charge in [-0.15, -0.1) is 0 Å². The first-order valence-electron chi connectivity index (χ1n) is 16.8. The zero-order valence-electron chi connectivity index (χ0n) is 31.3. The number of ether oxygens (including phenoxy) is 4. The third-order valence-electron chi connectivity index (χ3n) is 7.64. The van der Waals surface area contributed by atoms with Crippen LogP contribution >= 0.6 is 0 Å². The van der Waals surface area contributed by atoms with Crippen LogP contribution in [-0.4, -0.2) is 121 Å². The van der Waals surface area contributed by atoms with E-state index in [0.29, 0.717) is 6.42 Å². The highest BCUT2D eigenvalue weighted by atomic mass is 16.6. The van der Waals surface area contributed by atoms with E-state index in [0.717, 1.165) is 16.1 Å². The average Bonchev–Trinajstić information content (AvgIpc) is 3.03. The molecule has 14 heteroatoms. The molecule has 0 spiro atoms. The third-order valence-corrected chi connectivity index (χ3v) is 7.64. The molecule has 0 saturated heterocycles. The monoisotopic (exact) mass is 697 g/mol. The molecule has 49 heavy (non-hydrogen) atoms. The van der Waals surface area contributed by atoms with Crippen molar-refractivity contribution in [2.75, 3.05) is 41.0 Å². The molecule has 0 aliphatic carbocycles. The fourth-order valence-corrected chi connectivity index (χ4v) is 4.83. The summed E-state index contributed by atoms with van der Waals surface area (Å²) in [5.41, 5.74) is 0. The number of amides is 3. The Morgan fingerprint density at radius 2 is 1.02 bits per heavy atom. The Balaban J connectivity index is 5.73. The summed E-state index contributed by atoms with van der Waals surface area (Å²) in [4.78, 5) is 93.7. The van der Waals surface area contributed by atoms with Gasteiger partial charge in [0, 0.05) is 27.6 Å². The zero-order chi connectivity index (χ0) is 38.0. The summed E-state index contributed by atoms with van der Waals surface area (Å²) in [7, 11) is 4.20. The predicted octanol–water partition coefficient (Wildman–Crippen LogP) is 3.15. The van der Waals surface area contributed by atoms with E-state index in [1.54, 1.807) is 0 Å². The van der Waals surface area contributed by atoms with Gasteiger partial charge in [-0.25, -0.2) is 14.4 Å². The standard InChI is InChI=1S/C35H59N3O11/c1-13-15-26(39)19-47-34(44)28(17-23(5)6)38(12)32(42)25(9)49-35(45)29(18-24(7)8)37(11)31(41)21-48-33(43)27(16-22(3)4)36(10)30(40)20-46-14-2/h14,22-25,27-29H,2,13,15-21H2,1,3-12H3/t25-,27?,28?,29?/m1/s1. The van der Waals surface area contributed by atoms with Crippen LogP contribution < -0.4 is 0 Å². The van der Waals surface area contributed by atoms with Gasteiger partial charge in [0.1, 0.15) is 24.7 Å². The lowest BCUT2D eigenvalue weighted by atomic mass is 10.0. The summed E-state index contributed by atoms with van der Waals surface area (Å²) >= 11 is 0. The van der Waals surface area contributed by atoms with Crippen molar-refractivity contribution in [1.82, 2.24) is 14.7 Å². The van der Waals surface area contributed by atoms with E-state index in [1.165, 1.54) is 33.0 Å². The van der Waals surface area contributed by atoms with Gasteiger partial charge in [0.15, 0.2) is 25.1 Å². The van der Waals surface area contributed by atoms with E-state index in [2.05, 4.69) is 6.58 Å². The van der Waals surface area contributed by atoms with Crippen molar-refractivity contribution in [3.63, 3.8) is 0 Å². The molecule has 0 rings (SSSR count). The molecule has 0 radical (unpaired) electrons. The molecule has 0 aromatic rings. The smallest absolute Gasteiger partial charge is 0.329 e. The normalized spacial score (nSPS) is 13.5. The second kappa shape index (κ2) is 22.6. The molecule has 3 unspecified atom stereocenters. The first kappa shape index (κ1) is 45.0. The van der Waals surface area contributed by atoms with Crippen molar-refractivity contribution in [2.24, 2.45) is 17.8 Å². The Bertz CT molecular complexity index is 1140. The van der Waals surface area contributed by atoms with E-state index in [-0.39, 0.29) is 55.8 Å². The summed E-state index contributed by atoms with van der Waals surface area (Å²) in [5.74, 6) is -4.52. The van der Waals surface area contributed by atoms with Crippen LogP contribution in [-0.2, 0) is 52.5 Å². The lowest BCUT2D eigenvalue weighted by Gasteiger charge is -2.32. The number of esters is 3. The molecule has 0 aromatic heterocycles. The van der Waals surface area contributed by atoms with Crippen molar-refractivity contribution >= 4 is 41.4 Å². The van der Waals surface area contributed by atoms with E-state index < -0.39 is 73.1 Å². The minimum Gasteiger partial charge on any atom is -0.492 e. The van der Waals surface area contributed by atoms with Gasteiger partial charge in [-0.2, -0.15) is 0 Å². The van der Waals surface area contributed by atoms with Crippen LogP contribution in [0.25, 0.3) is 0 Å². The van der Waals surface area contributed by atoms with Gasteiger partial charge in [-0.3, -0.25) is 19.2 Å². The highest BCUT2D eigenvalue weighted by Gasteiger charge is 2.36. The maximum atomic E-state index is 13.4. The Hall–Kier alpha value is -3.97. The third kappa shape index (κ3) is 16.3. The maximum Gasteiger partial charge on any atom is 0.329 e. The average molecular weight is 698 g/mol. The number of nitrogens with zero attached hydrogens (tertiary/aromatic N) is 3. The molecule has 3 amide bonds. The Morgan fingerprint density at radius 1 is 0.612 bits per heavy atom. The molecule has 4 atom stereocenters. The van der Waals surface area contributed by atoms with Crippen LogP contribution in [0.3, 0.4) is 0 Å². The highest BCUT2D eigenvalue weighted by Crippen LogP contribution is 2.18. The molecule has 0 aromatic carbocycles. The number of hydrogen-bond donors (Lipinski definition) is 0. The Morgan fingerprint density at radius 3 is 1.45 bits per heavy atom. The molecule has 0 aliphatic rings. The minimum atomic E-state index is -1.33. The molecule has 0 heterocycles. The van der Waals surface area contributed by atoms with Gasteiger partial charge in [0.25, 0.3) is 17.7 Å². The first-order valence-corrected chi connectivity index (χ1v) is 16.8. The van der Waals surface area contributed by atoms with E-state index >= 15 is 0 Å². The highest BCUT2D eigenvalue weighted by molar-refractivity contribution is 5.91. The quantitative estimate of drug-likeness (QED) is 0.0875. The minimum absolute atomic E-state index is 0.00556. The number of ketones is 1. The number of carbonyl (C=O) groups excluding carboxylic acids is 7. The fourth-order valence-electron chi connectivity index (χ4n) is 4.83. The zero-order valence-corrected chi connectivity index (χ0v) is 31.3. The van der Waals surface area contributed by atoms with Crippen LogP contribution in [0.5, 0.6) is 0 Å². The molecule has 0 N–H and O–H groups in total.